The third-order valence-electron chi connectivity index (χ3n) is 5.55. The Kier molecular flexibility index (Phi) is 4.37. The number of H-pyrrole nitrogens is 1. The smallest absolute Gasteiger partial charge is 0.274 e. The van der Waals surface area contributed by atoms with Crippen molar-refractivity contribution in [3.8, 4) is 11.5 Å². The number of fused-ring (bicyclic) bond motifs is 4. The first-order valence-electron chi connectivity index (χ1n) is 9.93. The molecule has 152 valence electrons. The van der Waals surface area contributed by atoms with Gasteiger partial charge in [-0.1, -0.05) is 24.3 Å². The number of hydrogen-bond acceptors (Lipinski definition) is 4. The van der Waals surface area contributed by atoms with Crippen LogP contribution in [0.25, 0.3) is 21.7 Å². The number of anilines is 1. The number of carbonyl (C=O) groups excluding carboxylic acids is 1. The summed E-state index contributed by atoms with van der Waals surface area (Å²) in [7, 11) is 5.33. The molecule has 0 fully saturated rings. The molecule has 5 rings (SSSR count). The molecule has 2 heterocycles. The molecule has 0 radical (unpaired) electrons. The monoisotopic (exact) mass is 401 g/mol. The number of aromatic nitrogens is 1. The van der Waals surface area contributed by atoms with Crippen LogP contribution in [-0.4, -0.2) is 43.7 Å². The van der Waals surface area contributed by atoms with Crippen LogP contribution in [0.2, 0.25) is 0 Å². The van der Waals surface area contributed by atoms with E-state index in [1.807, 2.05) is 61.5 Å². The van der Waals surface area contributed by atoms with Gasteiger partial charge in [-0.15, -0.1) is 0 Å². The topological polar surface area (TPSA) is 57.8 Å². The van der Waals surface area contributed by atoms with Crippen molar-refractivity contribution >= 4 is 33.3 Å². The highest BCUT2D eigenvalue weighted by atomic mass is 16.7. The van der Waals surface area contributed by atoms with Crippen molar-refractivity contribution in [2.75, 3.05) is 32.6 Å². The van der Waals surface area contributed by atoms with Crippen LogP contribution in [0.4, 0.5) is 5.69 Å². The molecule has 0 spiro atoms. The van der Waals surface area contributed by atoms with Gasteiger partial charge >= 0.3 is 0 Å². The molecule has 4 aromatic rings. The van der Waals surface area contributed by atoms with Crippen molar-refractivity contribution in [3.63, 3.8) is 0 Å². The lowest BCUT2D eigenvalue weighted by molar-refractivity contribution is -0.00310. The maximum absolute atomic E-state index is 13.4. The molecule has 0 unspecified atom stereocenters. The zero-order chi connectivity index (χ0) is 20.8. The molecule has 30 heavy (non-hydrogen) atoms. The highest BCUT2D eigenvalue weighted by Gasteiger charge is 2.29. The van der Waals surface area contributed by atoms with Crippen LogP contribution in [-0.2, 0) is 6.42 Å². The first-order chi connectivity index (χ1) is 14.5. The zero-order valence-corrected chi connectivity index (χ0v) is 17.2. The van der Waals surface area contributed by atoms with Crippen molar-refractivity contribution in [2.45, 2.75) is 6.42 Å². The fourth-order valence-corrected chi connectivity index (χ4v) is 4.25. The summed E-state index contributed by atoms with van der Waals surface area (Å²) in [6.45, 7) is 0.648. The molecular weight excluding hydrogens is 378 g/mol. The Morgan fingerprint density at radius 1 is 1.07 bits per heavy atom. The molecule has 3 aromatic carbocycles. The van der Waals surface area contributed by atoms with Crippen LogP contribution in [0.15, 0.2) is 54.6 Å². The van der Waals surface area contributed by atoms with Crippen molar-refractivity contribution in [2.24, 2.45) is 0 Å². The maximum Gasteiger partial charge on any atom is 0.274 e. The Labute approximate surface area is 174 Å². The number of aromatic amines is 1. The summed E-state index contributed by atoms with van der Waals surface area (Å²) in [6.07, 6.45) is 0.826. The number of benzene rings is 3. The lowest BCUT2D eigenvalue weighted by atomic mass is 10.0. The summed E-state index contributed by atoms with van der Waals surface area (Å²) in [4.78, 5) is 24.1. The van der Waals surface area contributed by atoms with E-state index in [4.69, 9.17) is 9.57 Å². The molecule has 0 atom stereocenters. The number of nitrogens with zero attached hydrogens (tertiary/aromatic N) is 2. The van der Waals surface area contributed by atoms with E-state index in [9.17, 15) is 4.79 Å². The van der Waals surface area contributed by atoms with Gasteiger partial charge in [-0.2, -0.15) is 5.06 Å². The highest BCUT2D eigenvalue weighted by Crippen LogP contribution is 2.40. The van der Waals surface area contributed by atoms with E-state index in [2.05, 4.69) is 17.1 Å². The maximum atomic E-state index is 13.4. The number of amides is 1. The summed E-state index contributed by atoms with van der Waals surface area (Å²) in [5.41, 5.74) is 3.58. The molecule has 1 aromatic heterocycles. The number of nitrogens with one attached hydrogen (secondary N) is 1. The second kappa shape index (κ2) is 7.07. The summed E-state index contributed by atoms with van der Waals surface area (Å²) in [5.74, 6) is 1.47. The third-order valence-corrected chi connectivity index (χ3v) is 5.55. The van der Waals surface area contributed by atoms with E-state index in [1.54, 1.807) is 12.2 Å². The largest absolute Gasteiger partial charge is 0.496 e. The molecule has 1 amide bonds. The van der Waals surface area contributed by atoms with Crippen LogP contribution in [0.3, 0.4) is 0 Å². The number of carbonyl (C=O) groups is 1. The van der Waals surface area contributed by atoms with Crippen molar-refractivity contribution in [3.05, 3.63) is 65.9 Å². The fourth-order valence-electron chi connectivity index (χ4n) is 4.25. The van der Waals surface area contributed by atoms with E-state index in [0.29, 0.717) is 12.2 Å². The van der Waals surface area contributed by atoms with Gasteiger partial charge in [0.05, 0.1) is 12.8 Å². The summed E-state index contributed by atoms with van der Waals surface area (Å²) in [5, 5.41) is 4.79. The second-order valence-electron chi connectivity index (χ2n) is 7.66. The van der Waals surface area contributed by atoms with Gasteiger partial charge in [0.1, 0.15) is 17.2 Å². The van der Waals surface area contributed by atoms with E-state index >= 15 is 0 Å². The minimum Gasteiger partial charge on any atom is -0.496 e. The summed E-state index contributed by atoms with van der Waals surface area (Å²) < 4.78 is 5.62. The van der Waals surface area contributed by atoms with Crippen molar-refractivity contribution in [1.82, 2.24) is 10.0 Å². The van der Waals surface area contributed by atoms with E-state index in [0.717, 1.165) is 45.3 Å². The Morgan fingerprint density at radius 2 is 1.87 bits per heavy atom. The molecule has 0 saturated heterocycles. The normalized spacial score (nSPS) is 13.3. The Morgan fingerprint density at radius 3 is 2.63 bits per heavy atom. The average Bonchev–Trinajstić information content (AvgIpc) is 3.36. The van der Waals surface area contributed by atoms with Crippen LogP contribution in [0.5, 0.6) is 11.5 Å². The fraction of sp³-hybridized carbons (Fsp3) is 0.208. The van der Waals surface area contributed by atoms with Gasteiger partial charge in [0.25, 0.3) is 5.91 Å². The molecule has 6 heteroatoms. The molecule has 1 N–H and O–H groups in total. The first kappa shape index (κ1) is 18.5. The predicted octanol–water partition coefficient (Wildman–Crippen LogP) is 4.39. The minimum atomic E-state index is -0.0441. The minimum absolute atomic E-state index is 0.0441. The first-order valence-corrected chi connectivity index (χ1v) is 9.93. The van der Waals surface area contributed by atoms with Crippen LogP contribution in [0.1, 0.15) is 16.1 Å². The number of hydroxylamine groups is 2. The summed E-state index contributed by atoms with van der Waals surface area (Å²) in [6, 6.07) is 17.8. The quantitative estimate of drug-likeness (QED) is 0.516. The zero-order valence-electron chi connectivity index (χ0n) is 17.2. The molecular formula is C24H23N3O3. The standard InChI is InChI=1S/C24H23N3O3/c1-26(2)30-16-8-9-20-15(12-16)13-21(25-20)24(28)27-11-10-18-17-6-4-5-7-19(17)23(29-3)14-22(18)27/h4-9,12-14,25H,10-11H2,1-3H3. The lowest BCUT2D eigenvalue weighted by Gasteiger charge is -2.18. The van der Waals surface area contributed by atoms with E-state index in [-0.39, 0.29) is 5.91 Å². The molecule has 1 aliphatic rings. The van der Waals surface area contributed by atoms with Crippen molar-refractivity contribution < 1.29 is 14.4 Å². The van der Waals surface area contributed by atoms with Gasteiger partial charge in [0.15, 0.2) is 0 Å². The number of ether oxygens (including phenoxy) is 1. The van der Waals surface area contributed by atoms with Gasteiger partial charge in [-0.3, -0.25) is 4.79 Å². The lowest BCUT2D eigenvalue weighted by Crippen LogP contribution is -2.29. The van der Waals surface area contributed by atoms with Crippen molar-refractivity contribution in [1.29, 1.82) is 0 Å². The van der Waals surface area contributed by atoms with Gasteiger partial charge < -0.3 is 19.5 Å². The third kappa shape index (κ3) is 2.97. The molecule has 6 nitrogen and oxygen atoms in total. The van der Waals surface area contributed by atoms with Gasteiger partial charge in [-0.25, -0.2) is 0 Å². The number of hydrogen-bond donors (Lipinski definition) is 1. The van der Waals surface area contributed by atoms with Crippen LogP contribution < -0.4 is 14.5 Å². The molecule has 0 bridgehead atoms. The number of rotatable bonds is 4. The molecule has 1 aliphatic heterocycles. The predicted molar refractivity (Wildman–Crippen MR) is 118 cm³/mol. The average molecular weight is 401 g/mol. The Bertz CT molecular complexity index is 1280. The van der Waals surface area contributed by atoms with Crippen LogP contribution in [0, 0.1) is 0 Å². The number of methoxy groups -OCH3 is 1. The molecule has 0 aliphatic carbocycles. The van der Waals surface area contributed by atoms with E-state index < -0.39 is 0 Å². The second-order valence-corrected chi connectivity index (χ2v) is 7.66. The summed E-state index contributed by atoms with van der Waals surface area (Å²) >= 11 is 0. The molecule has 0 saturated carbocycles. The van der Waals surface area contributed by atoms with Gasteiger partial charge in [-0.05, 0) is 41.6 Å². The Balaban J connectivity index is 1.53. The van der Waals surface area contributed by atoms with Gasteiger partial charge in [0.2, 0.25) is 0 Å². The van der Waals surface area contributed by atoms with E-state index in [1.165, 1.54) is 5.56 Å². The highest BCUT2D eigenvalue weighted by molar-refractivity contribution is 6.11. The SMILES string of the molecule is COc1cc2c(c3ccccc13)CCN2C(=O)c1cc2cc(ON(C)C)ccc2[nH]1. The van der Waals surface area contributed by atoms with Gasteiger partial charge in [0, 0.05) is 43.0 Å². The Hall–Kier alpha value is -3.51. The van der Waals surface area contributed by atoms with Crippen LogP contribution >= 0.6 is 0 Å².